The zero-order valence-electron chi connectivity index (χ0n) is 10.9. The van der Waals surface area contributed by atoms with Gasteiger partial charge in [-0.05, 0) is 19.3 Å². The summed E-state index contributed by atoms with van der Waals surface area (Å²) in [6.45, 7) is 4.76. The zero-order valence-corrected chi connectivity index (χ0v) is 10.9. The molecule has 1 aliphatic rings. The van der Waals surface area contributed by atoms with Gasteiger partial charge in [-0.25, -0.2) is 4.98 Å². The van der Waals surface area contributed by atoms with Crippen LogP contribution >= 0.6 is 0 Å². The van der Waals surface area contributed by atoms with E-state index in [9.17, 15) is 4.79 Å². The lowest BCUT2D eigenvalue weighted by Crippen LogP contribution is -2.32. The maximum Gasteiger partial charge on any atom is 0.243 e. The summed E-state index contributed by atoms with van der Waals surface area (Å²) in [7, 11) is 0. The number of hydrogen-bond acceptors (Lipinski definition) is 5. The summed E-state index contributed by atoms with van der Waals surface area (Å²) in [6.07, 6.45) is 3.18. The normalized spacial score (nSPS) is 18.8. The predicted molar refractivity (Wildman–Crippen MR) is 68.2 cm³/mol. The van der Waals surface area contributed by atoms with E-state index >= 15 is 0 Å². The van der Waals surface area contributed by atoms with Gasteiger partial charge in [-0.3, -0.25) is 4.79 Å². The van der Waals surface area contributed by atoms with Gasteiger partial charge in [0.1, 0.15) is 0 Å². The molecule has 2 rings (SSSR count). The van der Waals surface area contributed by atoms with Crippen LogP contribution in [0.15, 0.2) is 0 Å². The number of carbonyl (C=O) groups is 1. The Bertz CT molecular complexity index is 434. The minimum atomic E-state index is 0.122. The quantitative estimate of drug-likeness (QED) is 0.802. The predicted octanol–water partition coefficient (Wildman–Crippen LogP) is 0.687. The Morgan fingerprint density at radius 1 is 1.28 bits per heavy atom. The van der Waals surface area contributed by atoms with E-state index in [0.29, 0.717) is 18.9 Å². The van der Waals surface area contributed by atoms with Crippen LogP contribution < -0.4 is 10.6 Å². The molecule has 1 aromatic heterocycles. The first kappa shape index (κ1) is 12.7. The van der Waals surface area contributed by atoms with E-state index < -0.39 is 0 Å². The number of aromatic nitrogens is 3. The van der Waals surface area contributed by atoms with Crippen LogP contribution in [0.2, 0.25) is 0 Å². The highest BCUT2D eigenvalue weighted by atomic mass is 16.1. The van der Waals surface area contributed by atoms with Crippen LogP contribution in [0.3, 0.4) is 0 Å². The minimum absolute atomic E-state index is 0.122. The number of nitrogens with zero attached hydrogens (tertiary/aromatic N) is 3. The number of hydrogen-bond donors (Lipinski definition) is 2. The molecule has 1 aliphatic heterocycles. The molecular formula is C12H19N5O. The molecule has 1 unspecified atom stereocenters. The molecule has 2 heterocycles. The van der Waals surface area contributed by atoms with E-state index in [2.05, 4.69) is 32.7 Å². The molecule has 0 radical (unpaired) electrons. The van der Waals surface area contributed by atoms with Gasteiger partial charge in [0.05, 0.1) is 11.4 Å². The molecule has 1 atom stereocenters. The third-order valence-electron chi connectivity index (χ3n) is 3.10. The Hall–Kier alpha value is -1.72. The van der Waals surface area contributed by atoms with Gasteiger partial charge in [0.25, 0.3) is 0 Å². The third-order valence-corrected chi connectivity index (χ3v) is 3.10. The third kappa shape index (κ3) is 2.94. The summed E-state index contributed by atoms with van der Waals surface area (Å²) in [5, 5.41) is 14.3. The summed E-state index contributed by atoms with van der Waals surface area (Å²) in [6, 6.07) is 0.178. The van der Waals surface area contributed by atoms with Crippen molar-refractivity contribution in [3.63, 3.8) is 0 Å². The second kappa shape index (κ2) is 5.75. The highest BCUT2D eigenvalue weighted by Crippen LogP contribution is 2.09. The largest absolute Gasteiger partial charge is 0.352 e. The molecule has 6 heteroatoms. The Balaban J connectivity index is 1.95. The van der Waals surface area contributed by atoms with Gasteiger partial charge >= 0.3 is 0 Å². The fourth-order valence-corrected chi connectivity index (χ4v) is 2.06. The SMILES string of the molecule is CCc1nnc(NCC2CCC(=O)N2)nc1CC. The lowest BCUT2D eigenvalue weighted by molar-refractivity contribution is -0.119. The lowest BCUT2D eigenvalue weighted by atomic mass is 10.2. The van der Waals surface area contributed by atoms with Crippen LogP contribution in [0.5, 0.6) is 0 Å². The fourth-order valence-electron chi connectivity index (χ4n) is 2.06. The minimum Gasteiger partial charge on any atom is -0.352 e. The molecule has 1 aromatic rings. The van der Waals surface area contributed by atoms with Crippen molar-refractivity contribution >= 4 is 11.9 Å². The molecule has 18 heavy (non-hydrogen) atoms. The van der Waals surface area contributed by atoms with E-state index in [0.717, 1.165) is 30.7 Å². The molecule has 0 saturated carbocycles. The fraction of sp³-hybridized carbons (Fsp3) is 0.667. The molecule has 2 N–H and O–H groups in total. The van der Waals surface area contributed by atoms with Crippen molar-refractivity contribution in [2.75, 3.05) is 11.9 Å². The second-order valence-corrected chi connectivity index (χ2v) is 4.42. The van der Waals surface area contributed by atoms with E-state index in [1.807, 2.05) is 6.92 Å². The summed E-state index contributed by atoms with van der Waals surface area (Å²) in [5.74, 6) is 0.668. The van der Waals surface area contributed by atoms with E-state index in [4.69, 9.17) is 0 Å². The molecule has 98 valence electrons. The molecule has 1 saturated heterocycles. The van der Waals surface area contributed by atoms with Gasteiger partial charge < -0.3 is 10.6 Å². The lowest BCUT2D eigenvalue weighted by Gasteiger charge is -2.12. The number of carbonyl (C=O) groups excluding carboxylic acids is 1. The van der Waals surface area contributed by atoms with Gasteiger partial charge in [-0.1, -0.05) is 13.8 Å². The molecule has 0 aromatic carbocycles. The number of nitrogens with one attached hydrogen (secondary N) is 2. The monoisotopic (exact) mass is 249 g/mol. The second-order valence-electron chi connectivity index (χ2n) is 4.42. The van der Waals surface area contributed by atoms with Crippen molar-refractivity contribution in [2.45, 2.75) is 45.6 Å². The molecule has 0 aliphatic carbocycles. The Kier molecular flexibility index (Phi) is 4.07. The van der Waals surface area contributed by atoms with Gasteiger partial charge in [-0.15, -0.1) is 5.10 Å². The van der Waals surface area contributed by atoms with Gasteiger partial charge in [0, 0.05) is 19.0 Å². The molecule has 0 spiro atoms. The number of rotatable bonds is 5. The van der Waals surface area contributed by atoms with Crippen molar-refractivity contribution in [3.05, 3.63) is 11.4 Å². The summed E-state index contributed by atoms with van der Waals surface area (Å²) < 4.78 is 0. The molecule has 1 fully saturated rings. The highest BCUT2D eigenvalue weighted by Gasteiger charge is 2.20. The van der Waals surface area contributed by atoms with Crippen molar-refractivity contribution in [1.29, 1.82) is 0 Å². The van der Waals surface area contributed by atoms with Crippen LogP contribution in [0.4, 0.5) is 5.95 Å². The van der Waals surface area contributed by atoms with Crippen molar-refractivity contribution in [2.24, 2.45) is 0 Å². The zero-order chi connectivity index (χ0) is 13.0. The van der Waals surface area contributed by atoms with Crippen molar-refractivity contribution < 1.29 is 4.79 Å². The van der Waals surface area contributed by atoms with E-state index in [1.54, 1.807) is 0 Å². The topological polar surface area (TPSA) is 79.8 Å². The summed E-state index contributed by atoms with van der Waals surface area (Å²) in [5.41, 5.74) is 1.95. The number of anilines is 1. The van der Waals surface area contributed by atoms with Gasteiger partial charge in [0.2, 0.25) is 11.9 Å². The highest BCUT2D eigenvalue weighted by molar-refractivity contribution is 5.78. The Labute approximate surface area is 107 Å². The van der Waals surface area contributed by atoms with Crippen LogP contribution in [-0.2, 0) is 17.6 Å². The average molecular weight is 249 g/mol. The van der Waals surface area contributed by atoms with E-state index in [-0.39, 0.29) is 11.9 Å². The summed E-state index contributed by atoms with van der Waals surface area (Å²) in [4.78, 5) is 15.5. The van der Waals surface area contributed by atoms with Crippen LogP contribution in [0.25, 0.3) is 0 Å². The summed E-state index contributed by atoms with van der Waals surface area (Å²) >= 11 is 0. The maximum atomic E-state index is 11.1. The molecular weight excluding hydrogens is 230 g/mol. The molecule has 6 nitrogen and oxygen atoms in total. The average Bonchev–Trinajstić information content (AvgIpc) is 2.81. The van der Waals surface area contributed by atoms with Crippen molar-refractivity contribution in [3.8, 4) is 0 Å². The van der Waals surface area contributed by atoms with Gasteiger partial charge in [-0.2, -0.15) is 5.10 Å². The van der Waals surface area contributed by atoms with Crippen LogP contribution in [0, 0.1) is 0 Å². The van der Waals surface area contributed by atoms with Crippen LogP contribution in [-0.4, -0.2) is 33.7 Å². The maximum absolute atomic E-state index is 11.1. The smallest absolute Gasteiger partial charge is 0.243 e. The van der Waals surface area contributed by atoms with Crippen LogP contribution in [0.1, 0.15) is 38.1 Å². The van der Waals surface area contributed by atoms with Crippen molar-refractivity contribution in [1.82, 2.24) is 20.5 Å². The van der Waals surface area contributed by atoms with Gasteiger partial charge in [0.15, 0.2) is 0 Å². The number of amides is 1. The first-order valence-electron chi connectivity index (χ1n) is 6.48. The Morgan fingerprint density at radius 3 is 2.67 bits per heavy atom. The molecule has 1 amide bonds. The molecule has 0 bridgehead atoms. The van der Waals surface area contributed by atoms with E-state index in [1.165, 1.54) is 0 Å². The first-order chi connectivity index (χ1) is 8.72. The standard InChI is InChI=1S/C12H19N5O/c1-3-9-10(4-2)16-17-12(15-9)13-7-8-5-6-11(18)14-8/h8H,3-7H2,1-2H3,(H,14,18)(H,13,15,17). The number of aryl methyl sites for hydroxylation is 2. The first-order valence-corrected chi connectivity index (χ1v) is 6.48. The Morgan fingerprint density at radius 2 is 2.06 bits per heavy atom.